The molecule has 0 saturated heterocycles. The molecule has 0 bridgehead atoms. The molecular weight excluding hydrogens is 404 g/mol. The van der Waals surface area contributed by atoms with E-state index in [0.717, 1.165) is 5.56 Å². The Labute approximate surface area is 158 Å². The van der Waals surface area contributed by atoms with E-state index in [1.165, 1.54) is 13.3 Å². The number of carbonyl (C=O) groups excluding carboxylic acids is 1. The molecular formula is C18H17BrN2O5. The number of carbonyl (C=O) groups is 2. The molecule has 2 aromatic carbocycles. The Morgan fingerprint density at radius 2 is 2.04 bits per heavy atom. The molecule has 2 rings (SSSR count). The molecule has 0 aliphatic heterocycles. The molecule has 0 aliphatic rings. The molecule has 136 valence electrons. The van der Waals surface area contributed by atoms with Crippen LogP contribution in [0.15, 0.2) is 46.0 Å². The van der Waals surface area contributed by atoms with E-state index in [1.54, 1.807) is 24.3 Å². The number of aryl methyl sites for hydroxylation is 1. The summed E-state index contributed by atoms with van der Waals surface area (Å²) in [6, 6.07) is 10.5. The zero-order valence-electron chi connectivity index (χ0n) is 14.2. The molecule has 8 heteroatoms. The van der Waals surface area contributed by atoms with Gasteiger partial charge in [-0.15, -0.1) is 0 Å². The van der Waals surface area contributed by atoms with Gasteiger partial charge in [0.05, 0.1) is 17.8 Å². The van der Waals surface area contributed by atoms with Gasteiger partial charge < -0.3 is 14.6 Å². The highest BCUT2D eigenvalue weighted by Gasteiger charge is 2.13. The first kappa shape index (κ1) is 19.5. The van der Waals surface area contributed by atoms with Crippen LogP contribution in [0.5, 0.6) is 11.5 Å². The molecule has 0 unspecified atom stereocenters. The highest BCUT2D eigenvalue weighted by atomic mass is 79.9. The molecule has 0 aliphatic carbocycles. The smallest absolute Gasteiger partial charge is 0.341 e. The first-order valence-electron chi connectivity index (χ1n) is 7.53. The summed E-state index contributed by atoms with van der Waals surface area (Å²) in [6.45, 7) is 1.35. The monoisotopic (exact) mass is 420 g/mol. The summed E-state index contributed by atoms with van der Waals surface area (Å²) in [4.78, 5) is 22.8. The molecule has 0 fully saturated rings. The lowest BCUT2D eigenvalue weighted by molar-refractivity contribution is -0.139. The van der Waals surface area contributed by atoms with Gasteiger partial charge in [-0.05, 0) is 52.2 Å². The van der Waals surface area contributed by atoms with E-state index >= 15 is 0 Å². The molecule has 1 amide bonds. The van der Waals surface area contributed by atoms with Gasteiger partial charge >= 0.3 is 5.97 Å². The molecule has 0 spiro atoms. The quantitative estimate of drug-likeness (QED) is 0.529. The van der Waals surface area contributed by atoms with Crippen LogP contribution in [0, 0.1) is 6.92 Å². The molecule has 7 nitrogen and oxygen atoms in total. The van der Waals surface area contributed by atoms with Gasteiger partial charge in [-0.3, -0.25) is 4.79 Å². The summed E-state index contributed by atoms with van der Waals surface area (Å²) in [6.07, 6.45) is 1.45. The van der Waals surface area contributed by atoms with Gasteiger partial charge in [0.1, 0.15) is 0 Å². The van der Waals surface area contributed by atoms with Crippen molar-refractivity contribution in [3.8, 4) is 11.5 Å². The number of aliphatic carboxylic acids is 1. The molecule has 2 N–H and O–H groups in total. The number of halogens is 1. The Hall–Kier alpha value is -2.87. The van der Waals surface area contributed by atoms with Crippen LogP contribution in [0.4, 0.5) is 0 Å². The first-order chi connectivity index (χ1) is 12.4. The second kappa shape index (κ2) is 9.00. The minimum atomic E-state index is -1.09. The summed E-state index contributed by atoms with van der Waals surface area (Å²) in [7, 11) is 1.44. The van der Waals surface area contributed by atoms with Gasteiger partial charge in [0, 0.05) is 5.56 Å². The number of hydrogen-bond donors (Lipinski definition) is 2. The van der Waals surface area contributed by atoms with Crippen molar-refractivity contribution in [2.24, 2.45) is 5.10 Å². The predicted molar refractivity (Wildman–Crippen MR) is 100 cm³/mol. The van der Waals surface area contributed by atoms with E-state index in [9.17, 15) is 9.59 Å². The third kappa shape index (κ3) is 5.06. The van der Waals surface area contributed by atoms with Crippen molar-refractivity contribution in [1.82, 2.24) is 5.43 Å². The van der Waals surface area contributed by atoms with Gasteiger partial charge in [-0.1, -0.05) is 18.2 Å². The highest BCUT2D eigenvalue weighted by Crippen LogP contribution is 2.36. The molecule has 0 saturated carbocycles. The Bertz CT molecular complexity index is 851. The summed E-state index contributed by atoms with van der Waals surface area (Å²) in [5.74, 6) is -0.793. The number of methoxy groups -OCH3 is 1. The number of amides is 1. The maximum Gasteiger partial charge on any atom is 0.341 e. The van der Waals surface area contributed by atoms with Crippen molar-refractivity contribution >= 4 is 34.0 Å². The molecule has 0 aromatic heterocycles. The van der Waals surface area contributed by atoms with Crippen LogP contribution in [0.3, 0.4) is 0 Å². The SMILES string of the molecule is COc1cc(/C=N/NC(=O)c2ccccc2C)cc(Br)c1OCC(=O)O. The van der Waals surface area contributed by atoms with E-state index in [2.05, 4.69) is 26.5 Å². The maximum absolute atomic E-state index is 12.1. The van der Waals surface area contributed by atoms with Crippen molar-refractivity contribution in [3.63, 3.8) is 0 Å². The summed E-state index contributed by atoms with van der Waals surface area (Å²) in [5.41, 5.74) is 4.49. The average Bonchev–Trinajstić information content (AvgIpc) is 2.60. The number of hydrazone groups is 1. The Morgan fingerprint density at radius 3 is 2.69 bits per heavy atom. The van der Waals surface area contributed by atoms with E-state index in [-0.39, 0.29) is 11.7 Å². The summed E-state index contributed by atoms with van der Waals surface area (Å²) >= 11 is 3.31. The number of nitrogens with one attached hydrogen (secondary N) is 1. The highest BCUT2D eigenvalue weighted by molar-refractivity contribution is 9.10. The number of carboxylic acids is 1. The Morgan fingerprint density at radius 1 is 1.31 bits per heavy atom. The van der Waals surface area contributed by atoms with Crippen LogP contribution < -0.4 is 14.9 Å². The van der Waals surface area contributed by atoms with E-state index < -0.39 is 12.6 Å². The fourth-order valence-electron chi connectivity index (χ4n) is 2.14. The fraction of sp³-hybridized carbons (Fsp3) is 0.167. The number of ether oxygens (including phenoxy) is 2. The van der Waals surface area contributed by atoms with E-state index in [4.69, 9.17) is 14.6 Å². The largest absolute Gasteiger partial charge is 0.493 e. The van der Waals surface area contributed by atoms with Crippen LogP contribution in [-0.2, 0) is 4.79 Å². The van der Waals surface area contributed by atoms with Gasteiger partial charge in [0.2, 0.25) is 0 Å². The molecule has 26 heavy (non-hydrogen) atoms. The topological polar surface area (TPSA) is 97.2 Å². The lowest BCUT2D eigenvalue weighted by Gasteiger charge is -2.12. The normalized spacial score (nSPS) is 10.6. The maximum atomic E-state index is 12.1. The van der Waals surface area contributed by atoms with Crippen LogP contribution in [-0.4, -0.2) is 36.9 Å². The van der Waals surface area contributed by atoms with Gasteiger partial charge in [0.25, 0.3) is 5.91 Å². The minimum Gasteiger partial charge on any atom is -0.493 e. The number of nitrogens with zero attached hydrogens (tertiary/aromatic N) is 1. The summed E-state index contributed by atoms with van der Waals surface area (Å²) < 4.78 is 10.9. The van der Waals surface area contributed by atoms with Crippen LogP contribution in [0.1, 0.15) is 21.5 Å². The first-order valence-corrected chi connectivity index (χ1v) is 8.33. The fourth-order valence-corrected chi connectivity index (χ4v) is 2.72. The van der Waals surface area contributed by atoms with Crippen LogP contribution in [0.2, 0.25) is 0 Å². The van der Waals surface area contributed by atoms with Gasteiger partial charge in [-0.25, -0.2) is 10.2 Å². The third-order valence-electron chi connectivity index (χ3n) is 3.36. The van der Waals surface area contributed by atoms with Gasteiger partial charge in [0.15, 0.2) is 18.1 Å². The van der Waals surface area contributed by atoms with Crippen LogP contribution >= 0.6 is 15.9 Å². The van der Waals surface area contributed by atoms with Crippen molar-refractivity contribution in [2.75, 3.05) is 13.7 Å². The number of hydrogen-bond acceptors (Lipinski definition) is 5. The number of carboxylic acid groups (broad SMARTS) is 1. The van der Waals surface area contributed by atoms with Crippen molar-refractivity contribution in [3.05, 3.63) is 57.6 Å². The molecule has 2 aromatic rings. The lowest BCUT2D eigenvalue weighted by atomic mass is 10.1. The molecule has 0 atom stereocenters. The lowest BCUT2D eigenvalue weighted by Crippen LogP contribution is -2.18. The Kier molecular flexibility index (Phi) is 6.74. The van der Waals surface area contributed by atoms with Crippen molar-refractivity contribution in [2.45, 2.75) is 6.92 Å². The van der Waals surface area contributed by atoms with E-state index in [1.807, 2.05) is 19.1 Å². The molecule has 0 heterocycles. The molecule has 0 radical (unpaired) electrons. The number of benzene rings is 2. The van der Waals surface area contributed by atoms with Crippen molar-refractivity contribution < 1.29 is 24.2 Å². The minimum absolute atomic E-state index is 0.274. The second-order valence-electron chi connectivity index (χ2n) is 5.23. The second-order valence-corrected chi connectivity index (χ2v) is 6.08. The van der Waals surface area contributed by atoms with Gasteiger partial charge in [-0.2, -0.15) is 5.10 Å². The Balaban J connectivity index is 2.13. The zero-order valence-corrected chi connectivity index (χ0v) is 15.7. The van der Waals surface area contributed by atoms with Crippen LogP contribution in [0.25, 0.3) is 0 Å². The van der Waals surface area contributed by atoms with Crippen molar-refractivity contribution in [1.29, 1.82) is 0 Å². The average molecular weight is 421 g/mol. The third-order valence-corrected chi connectivity index (χ3v) is 3.95. The van der Waals surface area contributed by atoms with E-state index in [0.29, 0.717) is 21.3 Å². The predicted octanol–water partition coefficient (Wildman–Crippen LogP) is 2.99. The summed E-state index contributed by atoms with van der Waals surface area (Å²) in [5, 5.41) is 12.7. The standard InChI is InChI=1S/C18H17BrN2O5/c1-11-5-3-4-6-13(11)18(24)21-20-9-12-7-14(19)17(15(8-12)25-2)26-10-16(22)23/h3-9H,10H2,1-2H3,(H,21,24)(H,22,23)/b20-9+. The zero-order chi connectivity index (χ0) is 19.1. The number of rotatable bonds is 7.